The molecule has 1 amide bonds. The highest BCUT2D eigenvalue weighted by molar-refractivity contribution is 7.99. The summed E-state index contributed by atoms with van der Waals surface area (Å²) in [6.45, 7) is 3.97. The van der Waals surface area contributed by atoms with Crippen molar-refractivity contribution in [3.8, 4) is 0 Å². The quantitative estimate of drug-likeness (QED) is 0.457. The smallest absolute Gasteiger partial charge is 0.234 e. The first kappa shape index (κ1) is 20.8. The number of hydrogen-bond donors (Lipinski definition) is 2. The van der Waals surface area contributed by atoms with Crippen LogP contribution in [0, 0.1) is 13.8 Å². The van der Waals surface area contributed by atoms with Gasteiger partial charge >= 0.3 is 0 Å². The van der Waals surface area contributed by atoms with Gasteiger partial charge in [0.15, 0.2) is 5.16 Å². The van der Waals surface area contributed by atoms with Crippen molar-refractivity contribution in [3.63, 3.8) is 0 Å². The molecule has 3 aromatic rings. The lowest BCUT2D eigenvalue weighted by Gasteiger charge is -2.09. The van der Waals surface area contributed by atoms with Crippen LogP contribution in [0.5, 0.6) is 0 Å². The first-order chi connectivity index (χ1) is 13.8. The van der Waals surface area contributed by atoms with Crippen LogP contribution in [0.25, 0.3) is 0 Å². The van der Waals surface area contributed by atoms with Gasteiger partial charge < -0.3 is 11.1 Å². The molecule has 0 aliphatic heterocycles. The Hall–Kier alpha value is -2.91. The molecule has 9 heteroatoms. The van der Waals surface area contributed by atoms with Crippen LogP contribution in [-0.4, -0.2) is 30.0 Å². The lowest BCUT2D eigenvalue weighted by Crippen LogP contribution is -2.15. The van der Waals surface area contributed by atoms with E-state index in [0.29, 0.717) is 5.69 Å². The van der Waals surface area contributed by atoms with E-state index >= 15 is 0 Å². The number of thioether (sulfide) groups is 1. The zero-order chi connectivity index (χ0) is 21.0. The molecule has 0 saturated carbocycles. The van der Waals surface area contributed by atoms with E-state index < -0.39 is 9.84 Å². The second-order valence-electron chi connectivity index (χ2n) is 6.35. The van der Waals surface area contributed by atoms with Crippen LogP contribution in [0.15, 0.2) is 69.7 Å². The molecule has 0 aliphatic carbocycles. The highest BCUT2D eigenvalue weighted by Gasteiger charge is 2.22. The van der Waals surface area contributed by atoms with Crippen molar-refractivity contribution < 1.29 is 13.2 Å². The molecule has 0 atom stereocenters. The maximum atomic E-state index is 12.7. The Morgan fingerprint density at radius 2 is 1.83 bits per heavy atom. The highest BCUT2D eigenvalue weighted by Crippen LogP contribution is 2.26. The number of aromatic nitrogens is 2. The molecule has 150 valence electrons. The molecule has 0 radical (unpaired) electrons. The van der Waals surface area contributed by atoms with Crippen molar-refractivity contribution >= 4 is 39.0 Å². The van der Waals surface area contributed by atoms with Crippen LogP contribution >= 0.6 is 11.8 Å². The number of nitrogens with two attached hydrogens (primary N) is 1. The van der Waals surface area contributed by atoms with E-state index in [2.05, 4.69) is 15.3 Å². The normalized spacial score (nSPS) is 11.2. The predicted octanol–water partition coefficient (Wildman–Crippen LogP) is 3.24. The molecular formula is C20H20N4O3S2. The van der Waals surface area contributed by atoms with Gasteiger partial charge in [0.25, 0.3) is 0 Å². The van der Waals surface area contributed by atoms with Gasteiger partial charge in [-0.05, 0) is 49.2 Å². The maximum absolute atomic E-state index is 12.7. The van der Waals surface area contributed by atoms with Crippen LogP contribution in [0.1, 0.15) is 11.1 Å². The topological polar surface area (TPSA) is 115 Å². The standard InChI is InChI=1S/C20H20N4O3S2/c1-13-8-9-15(10-14(13)2)23-18(25)12-28-20-22-11-17(19(21)24-20)29(26,27)16-6-4-3-5-7-16/h3-11H,12H2,1-2H3,(H,23,25)(H2,21,22,24). The molecular weight excluding hydrogens is 408 g/mol. The zero-order valence-corrected chi connectivity index (χ0v) is 17.5. The molecule has 3 rings (SSSR count). The van der Waals surface area contributed by atoms with Crippen LogP contribution < -0.4 is 11.1 Å². The number of sulfone groups is 1. The first-order valence-electron chi connectivity index (χ1n) is 8.70. The van der Waals surface area contributed by atoms with Crippen molar-refractivity contribution in [1.29, 1.82) is 0 Å². The average Bonchev–Trinajstić information content (AvgIpc) is 2.70. The van der Waals surface area contributed by atoms with Crippen LogP contribution in [0.4, 0.5) is 11.5 Å². The molecule has 0 spiro atoms. The molecule has 0 aliphatic rings. The predicted molar refractivity (Wildman–Crippen MR) is 114 cm³/mol. The van der Waals surface area contributed by atoms with Crippen LogP contribution in [0.2, 0.25) is 0 Å². The number of aryl methyl sites for hydroxylation is 2. The zero-order valence-electron chi connectivity index (χ0n) is 15.9. The van der Waals surface area contributed by atoms with Gasteiger partial charge in [-0.3, -0.25) is 4.79 Å². The third-order valence-electron chi connectivity index (χ3n) is 4.23. The lowest BCUT2D eigenvalue weighted by molar-refractivity contribution is -0.113. The Labute approximate surface area is 173 Å². The molecule has 0 fully saturated rings. The molecule has 7 nitrogen and oxygen atoms in total. The minimum absolute atomic E-state index is 0.0666. The van der Waals surface area contributed by atoms with Gasteiger partial charge in [0.2, 0.25) is 15.7 Å². The molecule has 1 aromatic heterocycles. The SMILES string of the molecule is Cc1ccc(NC(=O)CSc2ncc(S(=O)(=O)c3ccccc3)c(N)n2)cc1C. The number of anilines is 2. The summed E-state index contributed by atoms with van der Waals surface area (Å²) in [6.07, 6.45) is 1.17. The fraction of sp³-hybridized carbons (Fsp3) is 0.150. The fourth-order valence-electron chi connectivity index (χ4n) is 2.52. The average molecular weight is 429 g/mol. The number of carbonyl (C=O) groups is 1. The summed E-state index contributed by atoms with van der Waals surface area (Å²) in [7, 11) is -3.80. The van der Waals surface area contributed by atoms with Crippen molar-refractivity contribution in [2.45, 2.75) is 28.8 Å². The second kappa shape index (κ2) is 8.62. The van der Waals surface area contributed by atoms with Crippen molar-refractivity contribution in [3.05, 3.63) is 65.9 Å². The number of rotatable bonds is 6. The van der Waals surface area contributed by atoms with E-state index in [4.69, 9.17) is 5.73 Å². The number of benzene rings is 2. The summed E-state index contributed by atoms with van der Waals surface area (Å²) in [6, 6.07) is 13.6. The van der Waals surface area contributed by atoms with Gasteiger partial charge in [0.05, 0.1) is 16.8 Å². The molecule has 0 unspecified atom stereocenters. The molecule has 29 heavy (non-hydrogen) atoms. The summed E-state index contributed by atoms with van der Waals surface area (Å²) < 4.78 is 25.3. The maximum Gasteiger partial charge on any atom is 0.234 e. The van der Waals surface area contributed by atoms with Gasteiger partial charge in [-0.1, -0.05) is 36.0 Å². The molecule has 0 saturated heterocycles. The van der Waals surface area contributed by atoms with E-state index in [1.54, 1.807) is 18.2 Å². The number of amides is 1. The van der Waals surface area contributed by atoms with E-state index in [1.807, 2.05) is 32.0 Å². The fourth-order valence-corrected chi connectivity index (χ4v) is 4.42. The summed E-state index contributed by atoms with van der Waals surface area (Å²) >= 11 is 1.08. The van der Waals surface area contributed by atoms with Gasteiger partial charge in [-0.25, -0.2) is 18.4 Å². The molecule has 1 heterocycles. The number of hydrogen-bond acceptors (Lipinski definition) is 7. The Balaban J connectivity index is 1.67. The molecule has 0 bridgehead atoms. The highest BCUT2D eigenvalue weighted by atomic mass is 32.2. The van der Waals surface area contributed by atoms with Crippen LogP contribution in [0.3, 0.4) is 0 Å². The number of nitrogens with one attached hydrogen (secondary N) is 1. The van der Waals surface area contributed by atoms with Crippen molar-refractivity contribution in [2.24, 2.45) is 0 Å². The van der Waals surface area contributed by atoms with Gasteiger partial charge in [0.1, 0.15) is 10.7 Å². The third kappa shape index (κ3) is 4.93. The summed E-state index contributed by atoms with van der Waals surface area (Å²) in [4.78, 5) is 20.2. The van der Waals surface area contributed by atoms with Gasteiger partial charge in [-0.15, -0.1) is 0 Å². The minimum Gasteiger partial charge on any atom is -0.382 e. The third-order valence-corrected chi connectivity index (χ3v) is 6.87. The summed E-state index contributed by atoms with van der Waals surface area (Å²) in [5, 5.41) is 3.04. The molecule has 2 aromatic carbocycles. The number of nitrogen functional groups attached to an aromatic ring is 1. The summed E-state index contributed by atoms with van der Waals surface area (Å²) in [5.74, 6) is -0.306. The van der Waals surface area contributed by atoms with E-state index in [0.717, 1.165) is 22.9 Å². The largest absolute Gasteiger partial charge is 0.382 e. The van der Waals surface area contributed by atoms with E-state index in [-0.39, 0.29) is 32.4 Å². The lowest BCUT2D eigenvalue weighted by atomic mass is 10.1. The monoisotopic (exact) mass is 428 g/mol. The Morgan fingerprint density at radius 1 is 1.10 bits per heavy atom. The number of nitrogens with zero attached hydrogens (tertiary/aromatic N) is 2. The van der Waals surface area contributed by atoms with Gasteiger partial charge in [0, 0.05) is 5.69 Å². The Bertz CT molecular complexity index is 1150. The number of carbonyl (C=O) groups excluding carboxylic acids is 1. The Kier molecular flexibility index (Phi) is 6.19. The first-order valence-corrected chi connectivity index (χ1v) is 11.2. The van der Waals surface area contributed by atoms with Crippen molar-refractivity contribution in [2.75, 3.05) is 16.8 Å². The minimum atomic E-state index is -3.80. The van der Waals surface area contributed by atoms with E-state index in [1.165, 1.54) is 18.3 Å². The second-order valence-corrected chi connectivity index (χ2v) is 9.22. The van der Waals surface area contributed by atoms with Crippen LogP contribution in [-0.2, 0) is 14.6 Å². The Morgan fingerprint density at radius 3 is 2.48 bits per heavy atom. The van der Waals surface area contributed by atoms with Gasteiger partial charge in [-0.2, -0.15) is 0 Å². The molecule has 3 N–H and O–H groups in total. The van der Waals surface area contributed by atoms with E-state index in [9.17, 15) is 13.2 Å². The summed E-state index contributed by atoms with van der Waals surface area (Å²) in [5.41, 5.74) is 8.80. The van der Waals surface area contributed by atoms with Crippen molar-refractivity contribution in [1.82, 2.24) is 9.97 Å².